The van der Waals surface area contributed by atoms with Crippen molar-refractivity contribution in [3.8, 4) is 0 Å². The maximum absolute atomic E-state index is 12.6. The number of allylic oxidation sites excluding steroid dienone is 3. The van der Waals surface area contributed by atoms with Crippen LogP contribution in [0.5, 0.6) is 0 Å². The van der Waals surface area contributed by atoms with Crippen molar-refractivity contribution in [3.63, 3.8) is 0 Å². The summed E-state index contributed by atoms with van der Waals surface area (Å²) in [7, 11) is 0. The lowest BCUT2D eigenvalue weighted by molar-refractivity contribution is 0.308. The van der Waals surface area contributed by atoms with Gasteiger partial charge in [0.25, 0.3) is 0 Å². The molecule has 0 spiro atoms. The average Bonchev–Trinajstić information content (AvgIpc) is 2.43. The van der Waals surface area contributed by atoms with Gasteiger partial charge in [0, 0.05) is 0 Å². The second-order valence-electron chi connectivity index (χ2n) is 5.53. The molecule has 0 unspecified atom stereocenters. The Kier molecular flexibility index (Phi) is 13.1. The van der Waals surface area contributed by atoms with E-state index in [1.165, 1.54) is 25.7 Å². The van der Waals surface area contributed by atoms with Crippen molar-refractivity contribution in [3.05, 3.63) is 36.7 Å². The van der Waals surface area contributed by atoms with Gasteiger partial charge in [0.2, 0.25) is 0 Å². The summed E-state index contributed by atoms with van der Waals surface area (Å²) >= 11 is 0. The highest BCUT2D eigenvalue weighted by Gasteiger charge is 2.13. The van der Waals surface area contributed by atoms with E-state index in [-0.39, 0.29) is 5.83 Å². The summed E-state index contributed by atoms with van der Waals surface area (Å²) in [6, 6.07) is 0. The predicted molar refractivity (Wildman–Crippen MR) is 87.0 cm³/mol. The first-order valence-corrected chi connectivity index (χ1v) is 7.39. The Bertz CT molecular complexity index is 257. The van der Waals surface area contributed by atoms with Gasteiger partial charge in [-0.05, 0) is 37.7 Å². The van der Waals surface area contributed by atoms with E-state index in [2.05, 4.69) is 33.6 Å². The molecule has 0 aliphatic heterocycles. The smallest absolute Gasteiger partial charge is 0.103 e. The summed E-state index contributed by atoms with van der Waals surface area (Å²) in [5.41, 5.74) is 1.51. The highest BCUT2D eigenvalue weighted by Crippen LogP contribution is 2.27. The van der Waals surface area contributed by atoms with E-state index >= 15 is 0 Å². The average molecular weight is 268 g/mol. The fraction of sp³-hybridized carbons (Fsp3) is 0.667. The summed E-state index contributed by atoms with van der Waals surface area (Å²) < 4.78 is 12.6. The molecule has 1 saturated carbocycles. The zero-order valence-corrected chi connectivity index (χ0v) is 13.7. The van der Waals surface area contributed by atoms with E-state index in [1.807, 2.05) is 6.92 Å². The number of rotatable bonds is 2. The number of hydrogen-bond acceptors (Lipinski definition) is 0. The zero-order chi connectivity index (χ0) is 15.4. The standard InChI is InChI=1S/C8H13F.C8H16.C2H4/c1-5-8(9)7(4)6(2)3;1-7-3-5-8(2)6-4-7;1-2/h2,5H2,1,3-4H3;7-8H,3-6H2,1-2H3;1-2H2/b8-7+;;. The third kappa shape index (κ3) is 10.7. The van der Waals surface area contributed by atoms with Crippen LogP contribution in [0.2, 0.25) is 0 Å². The summed E-state index contributed by atoms with van der Waals surface area (Å²) in [6.07, 6.45) is 6.36. The zero-order valence-electron chi connectivity index (χ0n) is 13.7. The number of hydrogen-bond donors (Lipinski definition) is 0. The van der Waals surface area contributed by atoms with E-state index in [9.17, 15) is 4.39 Å². The van der Waals surface area contributed by atoms with Gasteiger partial charge in [-0.2, -0.15) is 0 Å². The van der Waals surface area contributed by atoms with Crippen LogP contribution < -0.4 is 0 Å². The Morgan fingerprint density at radius 3 is 1.47 bits per heavy atom. The Morgan fingerprint density at radius 2 is 1.32 bits per heavy atom. The lowest BCUT2D eigenvalue weighted by Crippen LogP contribution is -2.08. The SMILES string of the molecule is C=C.C=C(C)/C(C)=C(/F)CC.CC1CCC(C)CC1. The second kappa shape index (κ2) is 12.2. The molecule has 1 rings (SSSR count). The molecular weight excluding hydrogens is 235 g/mol. The Morgan fingerprint density at radius 1 is 1.00 bits per heavy atom. The van der Waals surface area contributed by atoms with Crippen molar-refractivity contribution < 1.29 is 4.39 Å². The molecule has 0 amide bonds. The molecule has 0 atom stereocenters. The van der Waals surface area contributed by atoms with E-state index in [4.69, 9.17) is 0 Å². The molecule has 0 saturated heterocycles. The molecule has 0 heterocycles. The van der Waals surface area contributed by atoms with Crippen LogP contribution in [-0.2, 0) is 0 Å². The van der Waals surface area contributed by atoms with Gasteiger partial charge >= 0.3 is 0 Å². The van der Waals surface area contributed by atoms with Gasteiger partial charge in [-0.15, -0.1) is 13.2 Å². The van der Waals surface area contributed by atoms with Crippen molar-refractivity contribution in [2.24, 2.45) is 11.8 Å². The first-order chi connectivity index (χ1) is 8.88. The van der Waals surface area contributed by atoms with Crippen molar-refractivity contribution in [2.45, 2.75) is 66.7 Å². The van der Waals surface area contributed by atoms with Crippen LogP contribution in [0, 0.1) is 11.8 Å². The summed E-state index contributed by atoms with van der Waals surface area (Å²) in [4.78, 5) is 0. The summed E-state index contributed by atoms with van der Waals surface area (Å²) in [6.45, 7) is 19.7. The molecule has 1 aliphatic rings. The molecule has 0 nitrogen and oxygen atoms in total. The van der Waals surface area contributed by atoms with Gasteiger partial charge in [0.05, 0.1) is 0 Å². The first kappa shape index (κ1) is 20.5. The fourth-order valence-electron chi connectivity index (χ4n) is 1.92. The fourth-order valence-corrected chi connectivity index (χ4v) is 1.92. The summed E-state index contributed by atoms with van der Waals surface area (Å²) in [5.74, 6) is 1.99. The molecule has 1 aliphatic carbocycles. The molecular formula is C18H33F. The highest BCUT2D eigenvalue weighted by atomic mass is 19.1. The van der Waals surface area contributed by atoms with Crippen LogP contribution >= 0.6 is 0 Å². The first-order valence-electron chi connectivity index (χ1n) is 7.39. The minimum atomic E-state index is -0.0532. The van der Waals surface area contributed by atoms with Crippen LogP contribution in [0.25, 0.3) is 0 Å². The van der Waals surface area contributed by atoms with Gasteiger partial charge in [0.15, 0.2) is 0 Å². The van der Waals surface area contributed by atoms with E-state index in [0.717, 1.165) is 17.4 Å². The Labute approximate surface area is 120 Å². The monoisotopic (exact) mass is 268 g/mol. The lowest BCUT2D eigenvalue weighted by atomic mass is 9.84. The maximum Gasteiger partial charge on any atom is 0.103 e. The van der Waals surface area contributed by atoms with Crippen molar-refractivity contribution in [1.82, 2.24) is 0 Å². The molecule has 0 aromatic heterocycles. The Hall–Kier alpha value is -0.850. The van der Waals surface area contributed by atoms with Gasteiger partial charge in [0.1, 0.15) is 5.83 Å². The maximum atomic E-state index is 12.6. The topological polar surface area (TPSA) is 0 Å². The van der Waals surface area contributed by atoms with Crippen LogP contribution in [0.1, 0.15) is 66.7 Å². The van der Waals surface area contributed by atoms with Gasteiger partial charge in [-0.25, -0.2) is 4.39 Å². The quantitative estimate of drug-likeness (QED) is 0.379. The molecule has 0 aromatic carbocycles. The van der Waals surface area contributed by atoms with Crippen LogP contribution in [0.3, 0.4) is 0 Å². The van der Waals surface area contributed by atoms with Gasteiger partial charge in [-0.1, -0.05) is 58.6 Å². The summed E-state index contributed by atoms with van der Waals surface area (Å²) in [5, 5.41) is 0. The van der Waals surface area contributed by atoms with Gasteiger partial charge < -0.3 is 0 Å². The molecule has 112 valence electrons. The van der Waals surface area contributed by atoms with E-state index in [0.29, 0.717) is 12.0 Å². The molecule has 0 N–H and O–H groups in total. The highest BCUT2D eigenvalue weighted by molar-refractivity contribution is 5.26. The van der Waals surface area contributed by atoms with Gasteiger partial charge in [-0.3, -0.25) is 0 Å². The van der Waals surface area contributed by atoms with Crippen LogP contribution in [-0.4, -0.2) is 0 Å². The number of halogens is 1. The minimum Gasteiger partial charge on any atom is -0.212 e. The second-order valence-corrected chi connectivity index (χ2v) is 5.53. The van der Waals surface area contributed by atoms with E-state index in [1.54, 1.807) is 13.8 Å². The molecule has 19 heavy (non-hydrogen) atoms. The molecule has 0 aromatic rings. The van der Waals surface area contributed by atoms with E-state index < -0.39 is 0 Å². The van der Waals surface area contributed by atoms with Crippen LogP contribution in [0.4, 0.5) is 4.39 Å². The van der Waals surface area contributed by atoms with Crippen LogP contribution in [0.15, 0.2) is 36.7 Å². The third-order valence-corrected chi connectivity index (χ3v) is 3.66. The minimum absolute atomic E-state index is 0.0532. The largest absolute Gasteiger partial charge is 0.212 e. The predicted octanol–water partition coefficient (Wildman–Crippen LogP) is 6.85. The van der Waals surface area contributed by atoms with Crippen molar-refractivity contribution in [2.75, 3.05) is 0 Å². The molecule has 0 bridgehead atoms. The van der Waals surface area contributed by atoms with Crippen molar-refractivity contribution in [1.29, 1.82) is 0 Å². The third-order valence-electron chi connectivity index (χ3n) is 3.66. The molecule has 0 radical (unpaired) electrons. The van der Waals surface area contributed by atoms with Crippen molar-refractivity contribution >= 4 is 0 Å². The molecule has 1 fully saturated rings. The normalized spacial score (nSPS) is 23.1. The lowest BCUT2D eigenvalue weighted by Gasteiger charge is -2.22. The molecule has 1 heteroatoms. The Balaban J connectivity index is 0.